The Morgan fingerprint density at radius 2 is 2.08 bits per heavy atom. The molecule has 3 nitrogen and oxygen atoms in total. The van der Waals surface area contributed by atoms with Gasteiger partial charge in [0.25, 0.3) is 0 Å². The highest BCUT2D eigenvalue weighted by molar-refractivity contribution is 7.85. The van der Waals surface area contributed by atoms with Crippen LogP contribution in [-0.4, -0.2) is 15.9 Å². The molecule has 0 heterocycles. The van der Waals surface area contributed by atoms with Gasteiger partial charge in [0.15, 0.2) is 0 Å². The van der Waals surface area contributed by atoms with Crippen LogP contribution in [0.2, 0.25) is 0 Å². The van der Waals surface area contributed by atoms with Gasteiger partial charge in [-0.25, -0.2) is 0 Å². The molecule has 13 heavy (non-hydrogen) atoms. The molecule has 0 aromatic heterocycles. The minimum Gasteiger partial charge on any atom is -0.545 e. The topological polar surface area (TPSA) is 57.2 Å². The third-order valence-electron chi connectivity index (χ3n) is 1.61. The van der Waals surface area contributed by atoms with Gasteiger partial charge in [-0.05, 0) is 6.07 Å². The molecule has 1 aromatic carbocycles. The maximum atomic E-state index is 11.4. The Balaban J connectivity index is 3.19. The molecule has 1 atom stereocenters. The van der Waals surface area contributed by atoms with Gasteiger partial charge < -0.3 is 9.90 Å². The van der Waals surface area contributed by atoms with Crippen LogP contribution in [0.3, 0.4) is 0 Å². The summed E-state index contributed by atoms with van der Waals surface area (Å²) in [6, 6.07) is 6.19. The molecule has 0 aliphatic carbocycles. The van der Waals surface area contributed by atoms with E-state index in [4.69, 9.17) is 0 Å². The fourth-order valence-electron chi connectivity index (χ4n) is 0.989. The molecule has 0 saturated carbocycles. The van der Waals surface area contributed by atoms with Crippen LogP contribution in [0.1, 0.15) is 17.3 Å². The van der Waals surface area contributed by atoms with Crippen LogP contribution in [0.5, 0.6) is 0 Å². The molecule has 0 amide bonds. The van der Waals surface area contributed by atoms with Crippen molar-refractivity contribution < 1.29 is 14.1 Å². The summed E-state index contributed by atoms with van der Waals surface area (Å²) < 4.78 is 11.4. The van der Waals surface area contributed by atoms with Gasteiger partial charge in [-0.1, -0.05) is 25.1 Å². The first kappa shape index (κ1) is 9.92. The number of benzene rings is 1. The smallest absolute Gasteiger partial charge is 0.0727 e. The number of hydrogen-bond acceptors (Lipinski definition) is 3. The van der Waals surface area contributed by atoms with Crippen molar-refractivity contribution in [3.05, 3.63) is 29.8 Å². The van der Waals surface area contributed by atoms with Gasteiger partial charge in [0.2, 0.25) is 0 Å². The minimum atomic E-state index is -1.28. The second-order valence-corrected chi connectivity index (χ2v) is 4.13. The van der Waals surface area contributed by atoms with Gasteiger partial charge in [0.1, 0.15) is 0 Å². The van der Waals surface area contributed by atoms with Crippen molar-refractivity contribution in [1.82, 2.24) is 0 Å². The maximum absolute atomic E-state index is 11.4. The van der Waals surface area contributed by atoms with Gasteiger partial charge in [0, 0.05) is 16.2 Å². The van der Waals surface area contributed by atoms with Crippen LogP contribution < -0.4 is 5.11 Å². The number of hydrogen-bond donors (Lipinski definition) is 0. The first-order chi connectivity index (χ1) is 6.16. The van der Waals surface area contributed by atoms with E-state index in [-0.39, 0.29) is 5.56 Å². The van der Waals surface area contributed by atoms with Crippen LogP contribution in [0, 0.1) is 0 Å². The van der Waals surface area contributed by atoms with Crippen molar-refractivity contribution in [2.75, 3.05) is 5.75 Å². The highest BCUT2D eigenvalue weighted by Crippen LogP contribution is 2.12. The quantitative estimate of drug-likeness (QED) is 0.694. The molecule has 0 fully saturated rings. The summed E-state index contributed by atoms with van der Waals surface area (Å²) >= 11 is 0. The van der Waals surface area contributed by atoms with Crippen LogP contribution in [-0.2, 0) is 10.8 Å². The van der Waals surface area contributed by atoms with Crippen LogP contribution in [0.25, 0.3) is 0 Å². The summed E-state index contributed by atoms with van der Waals surface area (Å²) in [4.78, 5) is 10.9. The van der Waals surface area contributed by atoms with Crippen molar-refractivity contribution in [2.24, 2.45) is 0 Å². The molecule has 0 spiro atoms. The van der Waals surface area contributed by atoms with E-state index in [0.717, 1.165) is 0 Å². The van der Waals surface area contributed by atoms with E-state index in [9.17, 15) is 14.1 Å². The van der Waals surface area contributed by atoms with Crippen LogP contribution >= 0.6 is 0 Å². The zero-order chi connectivity index (χ0) is 9.84. The molecule has 0 bridgehead atoms. The molecule has 1 rings (SSSR count). The van der Waals surface area contributed by atoms with Crippen LogP contribution in [0.4, 0.5) is 0 Å². The Morgan fingerprint density at radius 3 is 2.62 bits per heavy atom. The van der Waals surface area contributed by atoms with Crippen molar-refractivity contribution in [3.8, 4) is 0 Å². The minimum absolute atomic E-state index is 0.0164. The Kier molecular flexibility index (Phi) is 3.19. The van der Waals surface area contributed by atoms with Gasteiger partial charge in [0.05, 0.1) is 16.8 Å². The van der Waals surface area contributed by atoms with Crippen molar-refractivity contribution in [1.29, 1.82) is 0 Å². The summed E-state index contributed by atoms with van der Waals surface area (Å²) in [6.07, 6.45) is 0. The highest BCUT2D eigenvalue weighted by atomic mass is 32.2. The largest absolute Gasteiger partial charge is 0.545 e. The molecule has 70 valence electrons. The van der Waals surface area contributed by atoms with E-state index in [1.54, 1.807) is 25.1 Å². The number of carbonyl (C=O) groups is 1. The van der Waals surface area contributed by atoms with Gasteiger partial charge in [-0.3, -0.25) is 4.21 Å². The second kappa shape index (κ2) is 4.18. The van der Waals surface area contributed by atoms with Gasteiger partial charge in [-0.15, -0.1) is 0 Å². The fraction of sp³-hybridized carbons (Fsp3) is 0.222. The zero-order valence-electron chi connectivity index (χ0n) is 7.15. The third kappa shape index (κ3) is 2.15. The predicted molar refractivity (Wildman–Crippen MR) is 47.7 cm³/mol. The van der Waals surface area contributed by atoms with E-state index in [0.29, 0.717) is 10.6 Å². The summed E-state index contributed by atoms with van der Waals surface area (Å²) in [5.41, 5.74) is 0.0164. The van der Waals surface area contributed by atoms with Gasteiger partial charge >= 0.3 is 0 Å². The predicted octanol–water partition coefficient (Wildman–Crippen LogP) is 0.178. The molecule has 4 heteroatoms. The van der Waals surface area contributed by atoms with E-state index in [2.05, 4.69) is 0 Å². The number of carboxylic acid groups (broad SMARTS) is 1. The molecule has 0 aliphatic heterocycles. The zero-order valence-corrected chi connectivity index (χ0v) is 7.97. The lowest BCUT2D eigenvalue weighted by molar-refractivity contribution is -0.255. The molecule has 0 radical (unpaired) electrons. The SMILES string of the molecule is CC[S@](=O)c1ccccc1C(=O)[O-]. The summed E-state index contributed by atoms with van der Waals surface area (Å²) in [5.74, 6) is -0.873. The Hall–Kier alpha value is -1.16. The average molecular weight is 197 g/mol. The van der Waals surface area contributed by atoms with E-state index in [1.165, 1.54) is 6.07 Å². The molecule has 1 aromatic rings. The van der Waals surface area contributed by atoms with Crippen molar-refractivity contribution in [2.45, 2.75) is 11.8 Å². The summed E-state index contributed by atoms with van der Waals surface area (Å²) in [7, 11) is -1.24. The van der Waals surface area contributed by atoms with E-state index in [1.807, 2.05) is 0 Å². The number of aromatic carboxylic acids is 1. The van der Waals surface area contributed by atoms with Gasteiger partial charge in [-0.2, -0.15) is 0 Å². The molecular weight excluding hydrogens is 188 g/mol. The van der Waals surface area contributed by atoms with E-state index >= 15 is 0 Å². The summed E-state index contributed by atoms with van der Waals surface area (Å²) in [6.45, 7) is 1.74. The maximum Gasteiger partial charge on any atom is 0.0727 e. The fourth-order valence-corrected chi connectivity index (χ4v) is 1.93. The molecular formula is C9H9O3S-. The average Bonchev–Trinajstić information content (AvgIpc) is 2.16. The first-order valence-corrected chi connectivity index (χ1v) is 5.17. The lowest BCUT2D eigenvalue weighted by Crippen LogP contribution is -2.24. The lowest BCUT2D eigenvalue weighted by atomic mass is 10.2. The molecule has 0 aliphatic rings. The Labute approximate surface area is 78.9 Å². The highest BCUT2D eigenvalue weighted by Gasteiger charge is 2.07. The van der Waals surface area contributed by atoms with E-state index < -0.39 is 16.8 Å². The second-order valence-electron chi connectivity index (χ2n) is 2.42. The summed E-state index contributed by atoms with van der Waals surface area (Å²) in [5, 5.41) is 10.6. The Morgan fingerprint density at radius 1 is 1.46 bits per heavy atom. The molecule has 0 saturated heterocycles. The molecule has 0 unspecified atom stereocenters. The molecule has 0 N–H and O–H groups in total. The lowest BCUT2D eigenvalue weighted by Gasteiger charge is -2.07. The first-order valence-electron chi connectivity index (χ1n) is 3.85. The van der Waals surface area contributed by atoms with Crippen molar-refractivity contribution in [3.63, 3.8) is 0 Å². The normalized spacial score (nSPS) is 12.4. The third-order valence-corrected chi connectivity index (χ3v) is 2.99. The van der Waals surface area contributed by atoms with Crippen molar-refractivity contribution >= 4 is 16.8 Å². The van der Waals surface area contributed by atoms with Crippen LogP contribution in [0.15, 0.2) is 29.2 Å². The Bertz CT molecular complexity index is 346. The number of carboxylic acids is 1. The standard InChI is InChI=1S/C9H10O3S/c1-2-13(12)8-6-4-3-5-7(8)9(10)11/h3-6H,2H2,1H3,(H,10,11)/p-1/t13-/m0/s1. The number of carbonyl (C=O) groups excluding carboxylic acids is 1. The number of rotatable bonds is 3. The monoisotopic (exact) mass is 197 g/mol.